The SMILES string of the molecule is C=CCNS(=O)(=O)c1ccc(N2CCCC2)cc1. The topological polar surface area (TPSA) is 49.4 Å². The third-order valence-electron chi connectivity index (χ3n) is 3.04. The summed E-state index contributed by atoms with van der Waals surface area (Å²) in [5.41, 5.74) is 1.09. The first-order valence-corrected chi connectivity index (χ1v) is 7.57. The van der Waals surface area contributed by atoms with Crippen molar-refractivity contribution in [2.24, 2.45) is 0 Å². The van der Waals surface area contributed by atoms with Crippen LogP contribution in [0.3, 0.4) is 0 Å². The molecule has 1 fully saturated rings. The maximum absolute atomic E-state index is 11.9. The van der Waals surface area contributed by atoms with Gasteiger partial charge in [0, 0.05) is 25.3 Å². The lowest BCUT2D eigenvalue weighted by molar-refractivity contribution is 0.585. The Bertz CT molecular complexity index is 502. The van der Waals surface area contributed by atoms with Gasteiger partial charge in [0.15, 0.2) is 0 Å². The van der Waals surface area contributed by atoms with E-state index in [0.29, 0.717) is 4.90 Å². The summed E-state index contributed by atoms with van der Waals surface area (Å²) in [6.45, 7) is 5.85. The second kappa shape index (κ2) is 5.54. The highest BCUT2D eigenvalue weighted by Crippen LogP contribution is 2.21. The first-order valence-electron chi connectivity index (χ1n) is 6.09. The fraction of sp³-hybridized carbons (Fsp3) is 0.385. The summed E-state index contributed by atoms with van der Waals surface area (Å²) in [6, 6.07) is 7.04. The van der Waals surface area contributed by atoms with Gasteiger partial charge in [-0.05, 0) is 37.1 Å². The van der Waals surface area contributed by atoms with E-state index < -0.39 is 10.0 Å². The molecule has 0 radical (unpaired) electrons. The molecule has 4 nitrogen and oxygen atoms in total. The van der Waals surface area contributed by atoms with Crippen molar-refractivity contribution in [3.63, 3.8) is 0 Å². The van der Waals surface area contributed by atoms with Crippen LogP contribution in [0.15, 0.2) is 41.8 Å². The minimum absolute atomic E-state index is 0.246. The second-order valence-corrected chi connectivity index (χ2v) is 6.10. The first kappa shape index (κ1) is 13.1. The number of rotatable bonds is 5. The molecule has 0 spiro atoms. The van der Waals surface area contributed by atoms with E-state index in [1.165, 1.54) is 18.9 Å². The van der Waals surface area contributed by atoms with Gasteiger partial charge in [-0.25, -0.2) is 13.1 Å². The molecule has 5 heteroatoms. The minimum atomic E-state index is -3.40. The molecule has 0 aromatic heterocycles. The Hall–Kier alpha value is -1.33. The molecule has 2 rings (SSSR count). The van der Waals surface area contributed by atoms with Crippen molar-refractivity contribution in [1.29, 1.82) is 0 Å². The zero-order valence-electron chi connectivity index (χ0n) is 10.3. The van der Waals surface area contributed by atoms with E-state index in [0.717, 1.165) is 18.8 Å². The van der Waals surface area contributed by atoms with E-state index in [9.17, 15) is 8.42 Å². The zero-order chi connectivity index (χ0) is 13.0. The molecule has 98 valence electrons. The van der Waals surface area contributed by atoms with Gasteiger partial charge in [-0.1, -0.05) is 6.08 Å². The number of hydrogen-bond donors (Lipinski definition) is 1. The van der Waals surface area contributed by atoms with Gasteiger partial charge < -0.3 is 4.90 Å². The van der Waals surface area contributed by atoms with Crippen LogP contribution in [0, 0.1) is 0 Å². The molecule has 1 aromatic carbocycles. The molecule has 1 aliphatic rings. The summed E-state index contributed by atoms with van der Waals surface area (Å²) < 4.78 is 26.2. The fourth-order valence-corrected chi connectivity index (χ4v) is 3.06. The monoisotopic (exact) mass is 266 g/mol. The van der Waals surface area contributed by atoms with Gasteiger partial charge in [-0.2, -0.15) is 0 Å². The molecule has 0 aliphatic carbocycles. The van der Waals surface area contributed by atoms with Crippen molar-refractivity contribution in [3.05, 3.63) is 36.9 Å². The number of nitrogens with zero attached hydrogens (tertiary/aromatic N) is 1. The largest absolute Gasteiger partial charge is 0.372 e. The maximum Gasteiger partial charge on any atom is 0.240 e. The highest BCUT2D eigenvalue weighted by Gasteiger charge is 2.15. The van der Waals surface area contributed by atoms with Crippen LogP contribution in [0.1, 0.15) is 12.8 Å². The molecule has 0 saturated carbocycles. The molecule has 0 unspecified atom stereocenters. The number of nitrogens with one attached hydrogen (secondary N) is 1. The van der Waals surface area contributed by atoms with Crippen LogP contribution in [-0.4, -0.2) is 28.1 Å². The molecular weight excluding hydrogens is 248 g/mol. The lowest BCUT2D eigenvalue weighted by Gasteiger charge is -2.17. The second-order valence-electron chi connectivity index (χ2n) is 4.33. The molecule has 18 heavy (non-hydrogen) atoms. The van der Waals surface area contributed by atoms with E-state index in [1.54, 1.807) is 12.1 Å². The summed E-state index contributed by atoms with van der Waals surface area (Å²) in [7, 11) is -3.40. The van der Waals surface area contributed by atoms with Gasteiger partial charge in [-0.15, -0.1) is 6.58 Å². The van der Waals surface area contributed by atoms with E-state index in [2.05, 4.69) is 16.2 Å². The normalized spacial score (nSPS) is 15.9. The smallest absolute Gasteiger partial charge is 0.240 e. The molecule has 1 N–H and O–H groups in total. The Morgan fingerprint density at radius 3 is 2.39 bits per heavy atom. The molecule has 1 saturated heterocycles. The highest BCUT2D eigenvalue weighted by atomic mass is 32.2. The van der Waals surface area contributed by atoms with Crippen molar-refractivity contribution in [3.8, 4) is 0 Å². The molecule has 0 amide bonds. The Morgan fingerprint density at radius 2 is 1.83 bits per heavy atom. The average molecular weight is 266 g/mol. The highest BCUT2D eigenvalue weighted by molar-refractivity contribution is 7.89. The zero-order valence-corrected chi connectivity index (χ0v) is 11.1. The van der Waals surface area contributed by atoms with Gasteiger partial charge in [0.25, 0.3) is 0 Å². The average Bonchev–Trinajstić information content (AvgIpc) is 2.90. The summed E-state index contributed by atoms with van der Waals surface area (Å²) >= 11 is 0. The van der Waals surface area contributed by atoms with E-state index in [-0.39, 0.29) is 6.54 Å². The van der Waals surface area contributed by atoms with Crippen LogP contribution >= 0.6 is 0 Å². The van der Waals surface area contributed by atoms with Crippen molar-refractivity contribution in [2.45, 2.75) is 17.7 Å². The van der Waals surface area contributed by atoms with E-state index >= 15 is 0 Å². The molecule has 0 bridgehead atoms. The number of anilines is 1. The first-order chi connectivity index (χ1) is 8.63. The van der Waals surface area contributed by atoms with Crippen LogP contribution in [0.5, 0.6) is 0 Å². The predicted octanol–water partition coefficient (Wildman–Crippen LogP) is 1.75. The predicted molar refractivity (Wildman–Crippen MR) is 73.3 cm³/mol. The molecule has 1 aliphatic heterocycles. The number of benzene rings is 1. The third kappa shape index (κ3) is 2.91. The maximum atomic E-state index is 11.9. The summed E-state index contributed by atoms with van der Waals surface area (Å²) in [4.78, 5) is 2.57. The van der Waals surface area contributed by atoms with Crippen molar-refractivity contribution >= 4 is 15.7 Å². The van der Waals surface area contributed by atoms with Crippen molar-refractivity contribution in [2.75, 3.05) is 24.5 Å². The summed E-state index contributed by atoms with van der Waals surface area (Å²) in [6.07, 6.45) is 3.94. The van der Waals surface area contributed by atoms with Gasteiger partial charge in [0.05, 0.1) is 4.90 Å². The number of sulfonamides is 1. The lowest BCUT2D eigenvalue weighted by Crippen LogP contribution is -2.24. The van der Waals surface area contributed by atoms with Gasteiger partial charge in [0.1, 0.15) is 0 Å². The molecular formula is C13H18N2O2S. The summed E-state index contributed by atoms with van der Waals surface area (Å²) in [5, 5.41) is 0. The minimum Gasteiger partial charge on any atom is -0.372 e. The fourth-order valence-electron chi connectivity index (χ4n) is 2.06. The Balaban J connectivity index is 2.13. The van der Waals surface area contributed by atoms with Crippen molar-refractivity contribution < 1.29 is 8.42 Å². The third-order valence-corrected chi connectivity index (χ3v) is 4.48. The Morgan fingerprint density at radius 1 is 1.22 bits per heavy atom. The summed E-state index contributed by atoms with van der Waals surface area (Å²) in [5.74, 6) is 0. The van der Waals surface area contributed by atoms with Crippen LogP contribution < -0.4 is 9.62 Å². The van der Waals surface area contributed by atoms with Crippen LogP contribution in [-0.2, 0) is 10.0 Å². The van der Waals surface area contributed by atoms with Crippen molar-refractivity contribution in [1.82, 2.24) is 4.72 Å². The standard InChI is InChI=1S/C13H18N2O2S/c1-2-9-14-18(16,17)13-7-5-12(6-8-13)15-10-3-4-11-15/h2,5-8,14H,1,3-4,9-11H2. The van der Waals surface area contributed by atoms with Gasteiger partial charge >= 0.3 is 0 Å². The Labute approximate surface area is 108 Å². The van der Waals surface area contributed by atoms with Gasteiger partial charge in [0.2, 0.25) is 10.0 Å². The quantitative estimate of drug-likeness (QED) is 0.826. The van der Waals surface area contributed by atoms with Gasteiger partial charge in [-0.3, -0.25) is 0 Å². The van der Waals surface area contributed by atoms with E-state index in [4.69, 9.17) is 0 Å². The van der Waals surface area contributed by atoms with E-state index in [1.807, 2.05) is 12.1 Å². The van der Waals surface area contributed by atoms with Crippen LogP contribution in [0.4, 0.5) is 5.69 Å². The number of hydrogen-bond acceptors (Lipinski definition) is 3. The Kier molecular flexibility index (Phi) is 4.04. The lowest BCUT2D eigenvalue weighted by atomic mass is 10.3. The molecule has 1 heterocycles. The van der Waals surface area contributed by atoms with Crippen LogP contribution in [0.25, 0.3) is 0 Å². The molecule has 1 aromatic rings. The molecule has 0 atom stereocenters. The van der Waals surface area contributed by atoms with Crippen LogP contribution in [0.2, 0.25) is 0 Å².